The summed E-state index contributed by atoms with van der Waals surface area (Å²) in [7, 11) is -3.95. The van der Waals surface area contributed by atoms with Crippen molar-refractivity contribution >= 4 is 55.7 Å². The highest BCUT2D eigenvalue weighted by Gasteiger charge is 2.22. The number of sulfonamides is 1. The van der Waals surface area contributed by atoms with Crippen LogP contribution in [0.4, 0.5) is 5.13 Å². The third-order valence-electron chi connectivity index (χ3n) is 2.56. The second-order valence-electron chi connectivity index (χ2n) is 4.34. The number of carboxylic acid groups (broad SMARTS) is 1. The van der Waals surface area contributed by atoms with E-state index in [4.69, 9.17) is 28.3 Å². The van der Waals surface area contributed by atoms with Gasteiger partial charge >= 0.3 is 5.97 Å². The summed E-state index contributed by atoms with van der Waals surface area (Å²) >= 11 is 12.7. The van der Waals surface area contributed by atoms with E-state index < -0.39 is 16.0 Å². The van der Waals surface area contributed by atoms with Gasteiger partial charge in [-0.25, -0.2) is 13.4 Å². The minimum Gasteiger partial charge on any atom is -0.481 e. The lowest BCUT2D eigenvalue weighted by atomic mass is 10.2. The van der Waals surface area contributed by atoms with E-state index >= 15 is 0 Å². The average molecular weight is 381 g/mol. The minimum absolute atomic E-state index is 0.000171. The molecule has 0 atom stereocenters. The fourth-order valence-corrected chi connectivity index (χ4v) is 5.01. The molecule has 0 aliphatic rings. The summed E-state index contributed by atoms with van der Waals surface area (Å²) in [5.41, 5.74) is 0.396. The van der Waals surface area contributed by atoms with Gasteiger partial charge < -0.3 is 5.11 Å². The smallest absolute Gasteiger partial charge is 0.308 e. The highest BCUT2D eigenvalue weighted by Crippen LogP contribution is 2.31. The molecule has 0 saturated heterocycles. The Kier molecular flexibility index (Phi) is 4.96. The Balaban J connectivity index is 2.32. The van der Waals surface area contributed by atoms with Crippen LogP contribution in [0.2, 0.25) is 10.0 Å². The molecule has 2 rings (SSSR count). The van der Waals surface area contributed by atoms with Gasteiger partial charge in [0, 0.05) is 16.1 Å². The maximum atomic E-state index is 12.4. The van der Waals surface area contributed by atoms with E-state index in [1.54, 1.807) is 6.92 Å². The highest BCUT2D eigenvalue weighted by atomic mass is 35.5. The Morgan fingerprint density at radius 1 is 1.41 bits per heavy atom. The number of aryl methyl sites for hydroxylation is 1. The summed E-state index contributed by atoms with van der Waals surface area (Å²) in [5, 5.41) is 9.10. The van der Waals surface area contributed by atoms with Gasteiger partial charge in [-0.3, -0.25) is 9.52 Å². The maximum Gasteiger partial charge on any atom is 0.308 e. The number of nitrogens with zero attached hydrogens (tertiary/aromatic N) is 1. The van der Waals surface area contributed by atoms with Gasteiger partial charge in [0.05, 0.1) is 11.4 Å². The third-order valence-corrected chi connectivity index (χ3v) is 5.78. The predicted octanol–water partition coefficient (Wildman–Crippen LogP) is 3.19. The lowest BCUT2D eigenvalue weighted by molar-refractivity contribution is -0.136. The molecule has 0 aliphatic carbocycles. The highest BCUT2D eigenvalue weighted by molar-refractivity contribution is 7.93. The van der Waals surface area contributed by atoms with Crippen LogP contribution >= 0.6 is 34.5 Å². The summed E-state index contributed by atoms with van der Waals surface area (Å²) in [6.45, 7) is 1.57. The fourth-order valence-electron chi connectivity index (χ4n) is 1.78. The van der Waals surface area contributed by atoms with Crippen LogP contribution in [0.5, 0.6) is 0 Å². The molecule has 0 unspecified atom stereocenters. The molecule has 22 heavy (non-hydrogen) atoms. The van der Waals surface area contributed by atoms with Crippen molar-refractivity contribution in [2.45, 2.75) is 18.2 Å². The molecule has 1 aromatic heterocycles. The first-order chi connectivity index (χ1) is 10.2. The number of carboxylic acids is 1. The Morgan fingerprint density at radius 3 is 2.68 bits per heavy atom. The van der Waals surface area contributed by atoms with Gasteiger partial charge in [-0.05, 0) is 24.6 Å². The number of aromatic nitrogens is 1. The first kappa shape index (κ1) is 17.0. The first-order valence-corrected chi connectivity index (χ1v) is 8.89. The summed E-state index contributed by atoms with van der Waals surface area (Å²) in [6.07, 6.45) is 1.09. The average Bonchev–Trinajstić information content (AvgIpc) is 2.72. The van der Waals surface area contributed by atoms with Crippen LogP contribution in [0.25, 0.3) is 0 Å². The molecule has 6 nitrogen and oxygen atoms in total. The van der Waals surface area contributed by atoms with E-state index in [0.717, 1.165) is 11.3 Å². The Labute approximate surface area is 140 Å². The van der Waals surface area contributed by atoms with Crippen LogP contribution < -0.4 is 4.72 Å². The van der Waals surface area contributed by atoms with Gasteiger partial charge in [-0.15, -0.1) is 11.3 Å². The summed E-state index contributed by atoms with van der Waals surface area (Å²) in [6, 6.07) is 2.82. The molecule has 2 aromatic rings. The maximum absolute atomic E-state index is 12.4. The Bertz CT molecular complexity index is 810. The molecule has 118 valence electrons. The molecule has 0 aliphatic heterocycles. The summed E-state index contributed by atoms with van der Waals surface area (Å²) < 4.78 is 27.1. The van der Waals surface area contributed by atoms with E-state index in [0.29, 0.717) is 15.5 Å². The molecular formula is C12H10Cl2N2O4S2. The fraction of sp³-hybridized carbons (Fsp3) is 0.167. The largest absolute Gasteiger partial charge is 0.481 e. The van der Waals surface area contributed by atoms with Gasteiger partial charge in [0.25, 0.3) is 10.0 Å². The standard InChI is InChI=1S/C12H10Cl2N2O4S2/c1-6-2-7(13)3-9(14)11(6)22(19,20)16-12-15-5-8(21-12)4-10(17)18/h2-3,5H,4H2,1H3,(H,15,16)(H,17,18). The summed E-state index contributed by atoms with van der Waals surface area (Å²) in [5.74, 6) is -1.02. The van der Waals surface area contributed by atoms with Crippen molar-refractivity contribution in [3.63, 3.8) is 0 Å². The van der Waals surface area contributed by atoms with Crippen molar-refractivity contribution in [1.29, 1.82) is 0 Å². The molecule has 0 fully saturated rings. The number of aliphatic carboxylic acids is 1. The molecule has 0 radical (unpaired) electrons. The molecule has 1 aromatic carbocycles. The number of halogens is 2. The van der Waals surface area contributed by atoms with Gasteiger partial charge in [0.15, 0.2) is 5.13 Å². The van der Waals surface area contributed by atoms with Crippen molar-refractivity contribution < 1.29 is 18.3 Å². The van der Waals surface area contributed by atoms with Crippen molar-refractivity contribution in [1.82, 2.24) is 4.98 Å². The van der Waals surface area contributed by atoms with Crippen LogP contribution in [-0.2, 0) is 21.2 Å². The zero-order valence-electron chi connectivity index (χ0n) is 11.1. The number of nitrogens with one attached hydrogen (secondary N) is 1. The number of rotatable bonds is 5. The van der Waals surface area contributed by atoms with Gasteiger partial charge in [-0.2, -0.15) is 0 Å². The lowest BCUT2D eigenvalue weighted by Crippen LogP contribution is -2.14. The number of hydrogen-bond acceptors (Lipinski definition) is 5. The van der Waals surface area contributed by atoms with Gasteiger partial charge in [-0.1, -0.05) is 23.2 Å². The summed E-state index contributed by atoms with van der Waals surface area (Å²) in [4.78, 5) is 14.8. The van der Waals surface area contributed by atoms with Crippen LogP contribution in [0.3, 0.4) is 0 Å². The van der Waals surface area contributed by atoms with Crippen LogP contribution in [0.15, 0.2) is 23.2 Å². The number of thiazole rings is 1. The Hall–Kier alpha value is -1.35. The van der Waals surface area contributed by atoms with Crippen molar-refractivity contribution in [2.75, 3.05) is 4.72 Å². The number of carbonyl (C=O) groups is 1. The van der Waals surface area contributed by atoms with Crippen molar-refractivity contribution in [3.05, 3.63) is 38.8 Å². The molecular weight excluding hydrogens is 371 g/mol. The number of benzene rings is 1. The quantitative estimate of drug-likeness (QED) is 0.829. The number of hydrogen-bond donors (Lipinski definition) is 2. The van der Waals surface area contributed by atoms with E-state index in [9.17, 15) is 13.2 Å². The molecule has 0 amide bonds. The van der Waals surface area contributed by atoms with Crippen molar-refractivity contribution in [2.24, 2.45) is 0 Å². The van der Waals surface area contributed by atoms with E-state index in [1.807, 2.05) is 0 Å². The van der Waals surface area contributed by atoms with E-state index in [-0.39, 0.29) is 21.5 Å². The van der Waals surface area contributed by atoms with Crippen LogP contribution in [0, 0.1) is 6.92 Å². The Morgan fingerprint density at radius 2 is 2.09 bits per heavy atom. The topological polar surface area (TPSA) is 96.4 Å². The molecule has 0 spiro atoms. The molecule has 1 heterocycles. The van der Waals surface area contributed by atoms with Gasteiger partial charge in [0.2, 0.25) is 0 Å². The second-order valence-corrected chi connectivity index (χ2v) is 7.92. The number of anilines is 1. The molecule has 0 bridgehead atoms. The monoisotopic (exact) mass is 380 g/mol. The minimum atomic E-state index is -3.95. The zero-order chi connectivity index (χ0) is 16.5. The van der Waals surface area contributed by atoms with Crippen molar-refractivity contribution in [3.8, 4) is 0 Å². The zero-order valence-corrected chi connectivity index (χ0v) is 14.3. The van der Waals surface area contributed by atoms with E-state index in [2.05, 4.69) is 9.71 Å². The third kappa shape index (κ3) is 3.89. The SMILES string of the molecule is Cc1cc(Cl)cc(Cl)c1S(=O)(=O)Nc1ncc(CC(=O)O)s1. The van der Waals surface area contributed by atoms with Crippen LogP contribution in [0.1, 0.15) is 10.4 Å². The second kappa shape index (κ2) is 6.41. The predicted molar refractivity (Wildman–Crippen MR) is 85.5 cm³/mol. The van der Waals surface area contributed by atoms with E-state index in [1.165, 1.54) is 18.3 Å². The first-order valence-electron chi connectivity index (χ1n) is 5.84. The van der Waals surface area contributed by atoms with Crippen LogP contribution in [-0.4, -0.2) is 24.5 Å². The molecule has 0 saturated carbocycles. The molecule has 2 N–H and O–H groups in total. The lowest BCUT2D eigenvalue weighted by Gasteiger charge is -2.10. The normalized spacial score (nSPS) is 11.4. The van der Waals surface area contributed by atoms with Gasteiger partial charge in [0.1, 0.15) is 4.90 Å². The molecule has 10 heteroatoms.